The van der Waals surface area contributed by atoms with Crippen molar-refractivity contribution in [3.8, 4) is 0 Å². The molecule has 8 nitrogen and oxygen atoms in total. The van der Waals surface area contributed by atoms with Gasteiger partial charge in [-0.1, -0.05) is 0 Å². The van der Waals surface area contributed by atoms with Gasteiger partial charge in [0.15, 0.2) is 0 Å². The monoisotopic (exact) mass is 364 g/mol. The van der Waals surface area contributed by atoms with E-state index in [4.69, 9.17) is 0 Å². The summed E-state index contributed by atoms with van der Waals surface area (Å²) < 4.78 is 2.12. The number of hydrogen-bond acceptors (Lipinski definition) is 5. The van der Waals surface area contributed by atoms with Gasteiger partial charge in [0.25, 0.3) is 11.5 Å². The van der Waals surface area contributed by atoms with Gasteiger partial charge < -0.3 is 14.5 Å². The summed E-state index contributed by atoms with van der Waals surface area (Å²) in [6, 6.07) is 3.96. The second-order valence-electron chi connectivity index (χ2n) is 6.65. The fraction of sp³-hybridized carbons (Fsp3) is 0.316. The van der Waals surface area contributed by atoms with Gasteiger partial charge in [-0.05, 0) is 30.5 Å². The quantitative estimate of drug-likeness (QED) is 0.755. The molecular weight excluding hydrogens is 344 g/mol. The second kappa shape index (κ2) is 7.53. The van der Waals surface area contributed by atoms with Gasteiger partial charge in [-0.15, -0.1) is 0 Å². The van der Waals surface area contributed by atoms with Crippen molar-refractivity contribution in [3.05, 3.63) is 76.7 Å². The van der Waals surface area contributed by atoms with Gasteiger partial charge >= 0.3 is 0 Å². The number of nitrogens with zero attached hydrogens (tertiary/aromatic N) is 5. The number of nitrogens with one attached hydrogen (secondary N) is 1. The van der Waals surface area contributed by atoms with E-state index in [-0.39, 0.29) is 17.4 Å². The number of amides is 1. The minimum Gasteiger partial charge on any atom is -0.338 e. The molecule has 3 aromatic rings. The molecule has 27 heavy (non-hydrogen) atoms. The zero-order chi connectivity index (χ0) is 18.6. The smallest absolute Gasteiger partial charge is 0.263 e. The number of imidazole rings is 1. The number of aromatic amines is 1. The highest BCUT2D eigenvalue weighted by Crippen LogP contribution is 2.27. The highest BCUT2D eigenvalue weighted by atomic mass is 16.2. The van der Waals surface area contributed by atoms with Crippen molar-refractivity contribution in [2.45, 2.75) is 25.3 Å². The van der Waals surface area contributed by atoms with Crippen molar-refractivity contribution in [1.82, 2.24) is 29.4 Å². The van der Waals surface area contributed by atoms with Crippen LogP contribution < -0.4 is 5.56 Å². The molecule has 4 heterocycles. The number of carbonyl (C=O) groups is 1. The second-order valence-corrected chi connectivity index (χ2v) is 6.65. The molecule has 1 amide bonds. The predicted octanol–water partition coefficient (Wildman–Crippen LogP) is 1.43. The van der Waals surface area contributed by atoms with E-state index in [1.807, 2.05) is 18.3 Å². The third-order valence-electron chi connectivity index (χ3n) is 4.87. The number of pyridine rings is 1. The molecule has 138 valence electrons. The molecule has 1 aliphatic rings. The van der Waals surface area contributed by atoms with Crippen molar-refractivity contribution in [2.24, 2.45) is 0 Å². The zero-order valence-electron chi connectivity index (χ0n) is 14.8. The molecule has 0 bridgehead atoms. The van der Waals surface area contributed by atoms with E-state index in [1.54, 1.807) is 23.5 Å². The summed E-state index contributed by atoms with van der Waals surface area (Å²) >= 11 is 0. The maximum Gasteiger partial charge on any atom is 0.263 e. The van der Waals surface area contributed by atoms with Crippen molar-refractivity contribution in [2.75, 3.05) is 13.1 Å². The SMILES string of the molecule is O=C(c1cnc[nH]c1=O)N1CCC[C@H](c2nccn2Cc2ccncc2)C1. The lowest BCUT2D eigenvalue weighted by Crippen LogP contribution is -2.41. The van der Waals surface area contributed by atoms with Crippen LogP contribution in [0.5, 0.6) is 0 Å². The van der Waals surface area contributed by atoms with Crippen LogP contribution in [0.2, 0.25) is 0 Å². The Hall–Kier alpha value is -3.29. The van der Waals surface area contributed by atoms with Gasteiger partial charge in [-0.25, -0.2) is 9.97 Å². The first-order valence-corrected chi connectivity index (χ1v) is 8.94. The molecule has 0 saturated carbocycles. The van der Waals surface area contributed by atoms with Crippen molar-refractivity contribution in [3.63, 3.8) is 0 Å². The Morgan fingerprint density at radius 1 is 1.22 bits per heavy atom. The van der Waals surface area contributed by atoms with E-state index >= 15 is 0 Å². The molecule has 8 heteroatoms. The Morgan fingerprint density at radius 2 is 2.07 bits per heavy atom. The van der Waals surface area contributed by atoms with E-state index < -0.39 is 5.56 Å². The molecule has 1 N–H and O–H groups in total. The van der Waals surface area contributed by atoms with Gasteiger partial charge in [0, 0.05) is 56.5 Å². The largest absolute Gasteiger partial charge is 0.338 e. The minimum absolute atomic E-state index is 0.0817. The molecule has 1 saturated heterocycles. The molecular formula is C19H20N6O2. The first kappa shape index (κ1) is 17.1. The number of hydrogen-bond donors (Lipinski definition) is 1. The van der Waals surface area contributed by atoms with Gasteiger partial charge in [0.2, 0.25) is 0 Å². The standard InChI is InChI=1S/C19H20N6O2/c26-18-16(10-21-13-23-18)19(27)25-8-1-2-15(12-25)17-22-7-9-24(17)11-14-3-5-20-6-4-14/h3-7,9-10,13,15H,1-2,8,11-12H2,(H,21,23,26)/t15-/m0/s1. The summed E-state index contributed by atoms with van der Waals surface area (Å²) in [5, 5.41) is 0. The molecule has 0 unspecified atom stereocenters. The average molecular weight is 364 g/mol. The normalized spacial score (nSPS) is 17.0. The Bertz CT molecular complexity index is 981. The molecule has 1 atom stereocenters. The van der Waals surface area contributed by atoms with Crippen LogP contribution in [0.1, 0.15) is 40.5 Å². The van der Waals surface area contributed by atoms with Crippen LogP contribution in [-0.4, -0.2) is 48.4 Å². The number of piperidine rings is 1. The van der Waals surface area contributed by atoms with Gasteiger partial charge in [-0.2, -0.15) is 0 Å². The molecule has 4 rings (SSSR count). The number of carbonyl (C=O) groups excluding carboxylic acids is 1. The Labute approximate surface area is 155 Å². The topological polar surface area (TPSA) is 96.8 Å². The lowest BCUT2D eigenvalue weighted by Gasteiger charge is -2.32. The number of rotatable bonds is 4. The number of H-pyrrole nitrogens is 1. The fourth-order valence-corrected chi connectivity index (χ4v) is 3.54. The molecule has 1 aliphatic heterocycles. The van der Waals surface area contributed by atoms with Crippen LogP contribution in [0.25, 0.3) is 0 Å². The van der Waals surface area contributed by atoms with Crippen molar-refractivity contribution >= 4 is 5.91 Å². The summed E-state index contributed by atoms with van der Waals surface area (Å²) in [4.78, 5) is 41.3. The molecule has 1 fully saturated rings. The Morgan fingerprint density at radius 3 is 2.89 bits per heavy atom. The minimum atomic E-state index is -0.406. The van der Waals surface area contributed by atoms with Gasteiger partial charge in [-0.3, -0.25) is 14.6 Å². The third kappa shape index (κ3) is 3.64. The lowest BCUT2D eigenvalue weighted by molar-refractivity contribution is 0.0701. The zero-order valence-corrected chi connectivity index (χ0v) is 14.8. The van der Waals surface area contributed by atoms with Crippen LogP contribution in [0, 0.1) is 0 Å². The summed E-state index contributed by atoms with van der Waals surface area (Å²) in [5.74, 6) is 0.820. The summed E-state index contributed by atoms with van der Waals surface area (Å²) in [7, 11) is 0. The Kier molecular flexibility index (Phi) is 4.78. The van der Waals surface area contributed by atoms with Crippen LogP contribution in [0.15, 0.2) is 54.2 Å². The van der Waals surface area contributed by atoms with E-state index in [0.29, 0.717) is 19.6 Å². The van der Waals surface area contributed by atoms with E-state index in [9.17, 15) is 9.59 Å². The number of likely N-dealkylation sites (tertiary alicyclic amines) is 1. The van der Waals surface area contributed by atoms with Gasteiger partial charge in [0.1, 0.15) is 11.4 Å². The predicted molar refractivity (Wildman–Crippen MR) is 98.3 cm³/mol. The highest BCUT2D eigenvalue weighted by molar-refractivity contribution is 5.93. The van der Waals surface area contributed by atoms with Crippen LogP contribution in [-0.2, 0) is 6.54 Å². The summed E-state index contributed by atoms with van der Waals surface area (Å²) in [5.41, 5.74) is 0.824. The van der Waals surface area contributed by atoms with Gasteiger partial charge in [0.05, 0.1) is 6.33 Å². The first-order chi connectivity index (χ1) is 13.2. The van der Waals surface area contributed by atoms with Crippen molar-refractivity contribution in [1.29, 1.82) is 0 Å². The summed E-state index contributed by atoms with van der Waals surface area (Å²) in [6.45, 7) is 1.89. The molecule has 3 aromatic heterocycles. The molecule has 0 spiro atoms. The van der Waals surface area contributed by atoms with Crippen LogP contribution in [0.3, 0.4) is 0 Å². The van der Waals surface area contributed by atoms with E-state index in [2.05, 4.69) is 24.5 Å². The molecule has 0 radical (unpaired) electrons. The lowest BCUT2D eigenvalue weighted by atomic mass is 9.96. The average Bonchev–Trinajstić information content (AvgIpc) is 3.17. The molecule has 0 aliphatic carbocycles. The fourth-order valence-electron chi connectivity index (χ4n) is 3.54. The third-order valence-corrected chi connectivity index (χ3v) is 4.87. The maximum atomic E-state index is 12.7. The van der Waals surface area contributed by atoms with Crippen LogP contribution in [0.4, 0.5) is 0 Å². The van der Waals surface area contributed by atoms with Crippen LogP contribution >= 0.6 is 0 Å². The number of aromatic nitrogens is 5. The van der Waals surface area contributed by atoms with E-state index in [0.717, 1.165) is 24.2 Å². The Balaban J connectivity index is 1.52. The van der Waals surface area contributed by atoms with E-state index in [1.165, 1.54) is 12.5 Å². The highest BCUT2D eigenvalue weighted by Gasteiger charge is 2.29. The van der Waals surface area contributed by atoms with Crippen molar-refractivity contribution < 1.29 is 4.79 Å². The molecule has 0 aromatic carbocycles. The summed E-state index contributed by atoms with van der Waals surface area (Å²) in [6.07, 6.45) is 11.8. The maximum absolute atomic E-state index is 12.7. The first-order valence-electron chi connectivity index (χ1n) is 8.94.